The predicted octanol–water partition coefficient (Wildman–Crippen LogP) is 4.17. The number of nitrogens with zero attached hydrogens (tertiary/aromatic N) is 2. The van der Waals surface area contributed by atoms with Gasteiger partial charge >= 0.3 is 0 Å². The van der Waals surface area contributed by atoms with E-state index in [1.54, 1.807) is 66.7 Å². The number of benzene rings is 3. The first-order chi connectivity index (χ1) is 19.3. The summed E-state index contributed by atoms with van der Waals surface area (Å²) in [5, 5.41) is 6.99. The van der Waals surface area contributed by atoms with Gasteiger partial charge in [-0.3, -0.25) is 13.9 Å². The lowest BCUT2D eigenvalue weighted by atomic mass is 9.95. The van der Waals surface area contributed by atoms with Crippen LogP contribution in [0.25, 0.3) is 0 Å². The smallest absolute Gasteiger partial charge is 0.264 e. The first-order valence-corrected chi connectivity index (χ1v) is 14.7. The number of ether oxygens (including phenoxy) is 1. The molecule has 1 fully saturated rings. The summed E-state index contributed by atoms with van der Waals surface area (Å²) in [6, 6.07) is 22.0. The second-order valence-electron chi connectivity index (χ2n) is 9.71. The van der Waals surface area contributed by atoms with E-state index >= 15 is 0 Å². The fourth-order valence-corrected chi connectivity index (χ4v) is 5.85. The molecular weight excluding hydrogens is 528 g/mol. The predicted molar refractivity (Wildman–Crippen MR) is 155 cm³/mol. The van der Waals surface area contributed by atoms with Gasteiger partial charge in [0.1, 0.15) is 12.3 Å². The maximum atomic E-state index is 13.3. The average Bonchev–Trinajstić information content (AvgIpc) is 2.97. The van der Waals surface area contributed by atoms with Crippen LogP contribution in [0.5, 0.6) is 5.75 Å². The fraction of sp³-hybridized carbons (Fsp3) is 0.300. The normalized spacial score (nSPS) is 14.0. The number of carbonyl (C=O) groups is 2. The molecule has 0 spiro atoms. The van der Waals surface area contributed by atoms with Crippen LogP contribution in [0.3, 0.4) is 0 Å². The molecule has 0 atom stereocenters. The van der Waals surface area contributed by atoms with Gasteiger partial charge in [0.25, 0.3) is 21.8 Å². The van der Waals surface area contributed by atoms with Crippen molar-refractivity contribution in [2.45, 2.75) is 50.0 Å². The molecule has 0 saturated heterocycles. The van der Waals surface area contributed by atoms with Crippen molar-refractivity contribution in [2.24, 2.45) is 5.10 Å². The number of hydrazone groups is 1. The van der Waals surface area contributed by atoms with Crippen molar-refractivity contribution in [1.29, 1.82) is 0 Å². The highest BCUT2D eigenvalue weighted by Crippen LogP contribution is 2.24. The van der Waals surface area contributed by atoms with Gasteiger partial charge in [0, 0.05) is 6.04 Å². The zero-order valence-electron chi connectivity index (χ0n) is 22.5. The van der Waals surface area contributed by atoms with Gasteiger partial charge in [0.15, 0.2) is 6.61 Å². The van der Waals surface area contributed by atoms with Crippen LogP contribution in [0.1, 0.15) is 43.2 Å². The third kappa shape index (κ3) is 8.16. The van der Waals surface area contributed by atoms with Crippen molar-refractivity contribution in [3.05, 3.63) is 90.0 Å². The Morgan fingerprint density at radius 2 is 1.60 bits per heavy atom. The number of amides is 2. The SMILES string of the molecule is Cc1ccc(N(CC(=O)N/N=C/c2ccc(OCC(=O)NC3CCCCC3)cc2)S(=O)(=O)c2ccccc2)cc1. The molecule has 1 saturated carbocycles. The number of aryl methyl sites for hydroxylation is 1. The molecule has 0 unspecified atom stereocenters. The van der Waals surface area contributed by atoms with Gasteiger partial charge in [-0.15, -0.1) is 0 Å². The Hall–Kier alpha value is -4.18. The van der Waals surface area contributed by atoms with E-state index in [1.165, 1.54) is 24.8 Å². The molecule has 4 rings (SSSR count). The lowest BCUT2D eigenvalue weighted by molar-refractivity contribution is -0.124. The number of hydrogen-bond donors (Lipinski definition) is 2. The Balaban J connectivity index is 1.32. The van der Waals surface area contributed by atoms with E-state index in [4.69, 9.17) is 4.74 Å². The van der Waals surface area contributed by atoms with Gasteiger partial charge in [-0.2, -0.15) is 5.10 Å². The zero-order chi connectivity index (χ0) is 28.4. The van der Waals surface area contributed by atoms with E-state index in [-0.39, 0.29) is 23.5 Å². The zero-order valence-corrected chi connectivity index (χ0v) is 23.3. The number of anilines is 1. The molecule has 3 aromatic carbocycles. The summed E-state index contributed by atoms with van der Waals surface area (Å²) in [5.74, 6) is -0.186. The molecule has 0 aliphatic heterocycles. The van der Waals surface area contributed by atoms with E-state index in [2.05, 4.69) is 15.8 Å². The second kappa shape index (κ2) is 13.7. The maximum Gasteiger partial charge on any atom is 0.264 e. The van der Waals surface area contributed by atoms with Gasteiger partial charge in [-0.25, -0.2) is 13.8 Å². The molecule has 1 aliphatic carbocycles. The van der Waals surface area contributed by atoms with Crippen LogP contribution in [-0.2, 0) is 19.6 Å². The molecule has 210 valence electrons. The standard InChI is InChI=1S/C30H34N4O5S/c1-23-12-16-26(17-13-23)34(40(37,38)28-10-6-3-7-11-28)21-29(35)33-31-20-24-14-18-27(19-15-24)39-22-30(36)32-25-8-4-2-5-9-25/h3,6-7,10-20,25H,2,4-5,8-9,21-22H2,1H3,(H,32,36)(H,33,35)/b31-20+. The Morgan fingerprint density at radius 1 is 0.925 bits per heavy atom. The summed E-state index contributed by atoms with van der Waals surface area (Å²) in [7, 11) is -3.99. The topological polar surface area (TPSA) is 117 Å². The summed E-state index contributed by atoms with van der Waals surface area (Å²) >= 11 is 0. The summed E-state index contributed by atoms with van der Waals surface area (Å²) in [5.41, 5.74) is 4.43. The highest BCUT2D eigenvalue weighted by molar-refractivity contribution is 7.92. The summed E-state index contributed by atoms with van der Waals surface area (Å²) in [6.45, 7) is 1.39. The van der Waals surface area contributed by atoms with Crippen molar-refractivity contribution < 1.29 is 22.7 Å². The van der Waals surface area contributed by atoms with E-state index < -0.39 is 22.5 Å². The van der Waals surface area contributed by atoms with Crippen LogP contribution in [-0.4, -0.2) is 45.6 Å². The van der Waals surface area contributed by atoms with E-state index in [0.717, 1.165) is 35.6 Å². The lowest BCUT2D eigenvalue weighted by Crippen LogP contribution is -2.39. The number of sulfonamides is 1. The van der Waals surface area contributed by atoms with Gasteiger partial charge in [0.2, 0.25) is 0 Å². The molecule has 0 heterocycles. The Kier molecular flexibility index (Phi) is 9.91. The molecular formula is C30H34N4O5S. The van der Waals surface area contributed by atoms with Crippen LogP contribution in [0.15, 0.2) is 88.9 Å². The minimum absolute atomic E-state index is 0.0522. The Labute approximate surface area is 235 Å². The van der Waals surface area contributed by atoms with Crippen LogP contribution >= 0.6 is 0 Å². The molecule has 0 bridgehead atoms. The molecule has 40 heavy (non-hydrogen) atoms. The monoisotopic (exact) mass is 562 g/mol. The van der Waals surface area contributed by atoms with E-state index in [9.17, 15) is 18.0 Å². The van der Waals surface area contributed by atoms with Gasteiger partial charge in [-0.05, 0) is 73.9 Å². The first kappa shape index (κ1) is 28.8. The van der Waals surface area contributed by atoms with Crippen molar-refractivity contribution in [1.82, 2.24) is 10.7 Å². The van der Waals surface area contributed by atoms with Crippen LogP contribution in [0.4, 0.5) is 5.69 Å². The summed E-state index contributed by atoms with van der Waals surface area (Å²) in [6.07, 6.45) is 7.00. The number of hydrogen-bond acceptors (Lipinski definition) is 6. The van der Waals surface area contributed by atoms with Gasteiger partial charge < -0.3 is 10.1 Å². The van der Waals surface area contributed by atoms with Crippen LogP contribution in [0.2, 0.25) is 0 Å². The van der Waals surface area contributed by atoms with Crippen molar-refractivity contribution in [3.63, 3.8) is 0 Å². The van der Waals surface area contributed by atoms with Crippen LogP contribution in [0, 0.1) is 6.92 Å². The van der Waals surface area contributed by atoms with E-state index in [0.29, 0.717) is 17.0 Å². The maximum absolute atomic E-state index is 13.3. The summed E-state index contributed by atoms with van der Waals surface area (Å²) < 4.78 is 33.3. The van der Waals surface area contributed by atoms with Gasteiger partial charge in [0.05, 0.1) is 16.8 Å². The Morgan fingerprint density at radius 3 is 2.27 bits per heavy atom. The number of carbonyl (C=O) groups excluding carboxylic acids is 2. The molecule has 0 radical (unpaired) electrons. The minimum atomic E-state index is -3.99. The van der Waals surface area contributed by atoms with Crippen LogP contribution < -0.4 is 19.8 Å². The molecule has 9 nitrogen and oxygen atoms in total. The highest BCUT2D eigenvalue weighted by atomic mass is 32.2. The van der Waals surface area contributed by atoms with Gasteiger partial charge in [-0.1, -0.05) is 55.2 Å². The lowest BCUT2D eigenvalue weighted by Gasteiger charge is -2.23. The minimum Gasteiger partial charge on any atom is -0.484 e. The van der Waals surface area contributed by atoms with E-state index in [1.807, 2.05) is 6.92 Å². The van der Waals surface area contributed by atoms with Crippen molar-refractivity contribution in [3.8, 4) is 5.75 Å². The Bertz CT molecular complexity index is 1400. The van der Waals surface area contributed by atoms with Crippen molar-refractivity contribution in [2.75, 3.05) is 17.5 Å². The molecule has 0 aromatic heterocycles. The average molecular weight is 563 g/mol. The number of rotatable bonds is 11. The third-order valence-electron chi connectivity index (χ3n) is 6.56. The first-order valence-electron chi connectivity index (χ1n) is 13.3. The summed E-state index contributed by atoms with van der Waals surface area (Å²) in [4.78, 5) is 24.9. The third-order valence-corrected chi connectivity index (χ3v) is 8.35. The number of nitrogens with one attached hydrogen (secondary N) is 2. The quantitative estimate of drug-likeness (QED) is 0.269. The largest absolute Gasteiger partial charge is 0.484 e. The molecule has 10 heteroatoms. The molecule has 3 aromatic rings. The molecule has 2 amide bonds. The molecule has 2 N–H and O–H groups in total. The highest BCUT2D eigenvalue weighted by Gasteiger charge is 2.27. The second-order valence-corrected chi connectivity index (χ2v) is 11.6. The van der Waals surface area contributed by atoms with Crippen molar-refractivity contribution >= 4 is 33.7 Å². The molecule has 1 aliphatic rings. The fourth-order valence-electron chi connectivity index (χ4n) is 4.41.